The van der Waals surface area contributed by atoms with Crippen molar-refractivity contribution in [2.24, 2.45) is 17.3 Å². The van der Waals surface area contributed by atoms with Crippen LogP contribution in [0, 0.1) is 28.0 Å². The zero-order valence-corrected chi connectivity index (χ0v) is 37.4. The molecule has 59 heavy (non-hydrogen) atoms. The number of esters is 1. The average molecular weight is 847 g/mol. The van der Waals surface area contributed by atoms with Crippen LogP contribution in [0.3, 0.4) is 0 Å². The molecule has 3 rings (SSSR count). The van der Waals surface area contributed by atoms with Gasteiger partial charge in [-0.3, -0.25) is 19.2 Å². The number of thiazole rings is 1. The van der Waals surface area contributed by atoms with Crippen molar-refractivity contribution in [3.63, 3.8) is 0 Å². The lowest BCUT2D eigenvalue weighted by Gasteiger charge is -2.39. The molecule has 1 unspecified atom stereocenters. The number of anilines is 1. The zero-order chi connectivity index (χ0) is 44.0. The second-order valence-electron chi connectivity index (χ2n) is 17.2. The minimum atomic E-state index is -1.20. The highest BCUT2D eigenvalue weighted by atomic mass is 32.1. The van der Waals surface area contributed by atoms with Crippen LogP contribution in [-0.4, -0.2) is 92.9 Å². The molecule has 1 saturated heterocycles. The Hall–Kier alpha value is -4.18. The number of aliphatic carboxylic acids is 1. The maximum absolute atomic E-state index is 14.8. The van der Waals surface area contributed by atoms with Gasteiger partial charge in [0.25, 0.3) is 18.0 Å². The number of benzene rings is 1. The van der Waals surface area contributed by atoms with Gasteiger partial charge >= 0.3 is 11.9 Å². The number of unbranched alkanes of at least 4 members (excludes halogenated alkanes) is 3. The summed E-state index contributed by atoms with van der Waals surface area (Å²) in [5, 5.41) is 14.7. The molecule has 0 saturated carbocycles. The normalized spacial score (nSPS) is 17.4. The summed E-state index contributed by atoms with van der Waals surface area (Å²) in [6.07, 6.45) is 6.19. The third-order valence-electron chi connectivity index (χ3n) is 11.5. The van der Waals surface area contributed by atoms with Crippen LogP contribution in [0.15, 0.2) is 23.6 Å². The van der Waals surface area contributed by atoms with E-state index in [9.17, 15) is 33.6 Å². The fourth-order valence-electron chi connectivity index (χ4n) is 7.63. The molecule has 2 aromatic rings. The van der Waals surface area contributed by atoms with E-state index in [0.29, 0.717) is 30.0 Å². The van der Waals surface area contributed by atoms with Gasteiger partial charge in [-0.15, -0.1) is 16.8 Å². The highest BCUT2D eigenvalue weighted by Crippen LogP contribution is 2.32. The molecule has 0 radical (unpaired) electrons. The standard InChI is InChI=1S/C43H68FN7O7S/c1-10-12-13-15-21-50(41(54)38(28(5)11-2)48-51(57)37-17-14-16-20-49(37)9)35(27(3)4)24-36(58-29(6)52)40-47-34(26-59-40)39(53)46-31(25-43(7,8)42(55)56)22-30-18-19-32(44)33(45)23-30/h18-19,23,26-28,31,35-38H,10-17,20-22,24-25,45H2,1-9H3,(H2-,46,48,53,55,56,57)/p+1/t28-,31?,35+,36+,37-,38-/m0/s1. The Morgan fingerprint density at radius 3 is 2.46 bits per heavy atom. The van der Waals surface area contributed by atoms with Crippen molar-refractivity contribution < 1.29 is 38.3 Å². The van der Waals surface area contributed by atoms with Crippen LogP contribution in [0.2, 0.25) is 0 Å². The Labute approximate surface area is 353 Å². The van der Waals surface area contributed by atoms with Gasteiger partial charge < -0.3 is 25.8 Å². The summed E-state index contributed by atoms with van der Waals surface area (Å²) in [4.78, 5) is 76.3. The second-order valence-corrected chi connectivity index (χ2v) is 18.1. The van der Waals surface area contributed by atoms with Gasteiger partial charge in [0.15, 0.2) is 12.1 Å². The highest BCUT2D eigenvalue weighted by Gasteiger charge is 2.42. The molecule has 2 heterocycles. The number of amides is 2. The number of hydrogen-bond acceptors (Lipinski definition) is 10. The number of carbonyl (C=O) groups excluding carboxylic acids is 3. The lowest BCUT2D eigenvalue weighted by atomic mass is 9.84. The molecule has 1 aromatic carbocycles. The van der Waals surface area contributed by atoms with Gasteiger partial charge in [0.2, 0.25) is 0 Å². The molecule has 1 aromatic heterocycles. The number of halogens is 1. The van der Waals surface area contributed by atoms with Crippen molar-refractivity contribution >= 4 is 40.8 Å². The molecular weight excluding hydrogens is 778 g/mol. The van der Waals surface area contributed by atoms with Crippen LogP contribution in [0.5, 0.6) is 0 Å². The summed E-state index contributed by atoms with van der Waals surface area (Å²) in [6.45, 7) is 15.8. The molecule has 0 bridgehead atoms. The number of nitrogens with zero attached hydrogens (tertiary/aromatic N) is 4. The van der Waals surface area contributed by atoms with Crippen molar-refractivity contribution in [2.75, 3.05) is 25.9 Å². The third-order valence-corrected chi connectivity index (χ3v) is 12.4. The van der Waals surface area contributed by atoms with Gasteiger partial charge in [0.05, 0.1) is 16.0 Å². The number of hydrazine groups is 1. The maximum atomic E-state index is 14.8. The van der Waals surface area contributed by atoms with Crippen molar-refractivity contribution in [3.8, 4) is 0 Å². The number of nitrogens with two attached hydrogens (primary N) is 1. The topological polar surface area (TPSA) is 187 Å². The van der Waals surface area contributed by atoms with Gasteiger partial charge in [-0.1, -0.05) is 66.4 Å². The Morgan fingerprint density at radius 1 is 1.15 bits per heavy atom. The van der Waals surface area contributed by atoms with Crippen LogP contribution >= 0.6 is 11.3 Å². The number of ether oxygens (including phenoxy) is 1. The molecule has 14 nitrogen and oxygen atoms in total. The molecular formula is C43H69FN7O7S+. The predicted molar refractivity (Wildman–Crippen MR) is 228 cm³/mol. The molecule has 16 heteroatoms. The Bertz CT molecular complexity index is 1720. The number of carbonyl (C=O) groups is 4. The number of rotatable bonds is 24. The number of nitrogen functional groups attached to an aromatic ring is 1. The van der Waals surface area contributed by atoms with Crippen LogP contribution in [-0.2, 0) is 25.5 Å². The van der Waals surface area contributed by atoms with Crippen LogP contribution in [0.4, 0.5) is 10.1 Å². The molecule has 1 aliphatic heterocycles. The summed E-state index contributed by atoms with van der Waals surface area (Å²) in [5.74, 6) is -3.16. The van der Waals surface area contributed by atoms with Crippen molar-refractivity contribution in [3.05, 3.63) is 50.6 Å². The summed E-state index contributed by atoms with van der Waals surface area (Å²) in [7, 11) is 1.93. The van der Waals surface area contributed by atoms with E-state index in [0.717, 1.165) is 61.3 Å². The summed E-state index contributed by atoms with van der Waals surface area (Å²) in [5.41, 5.74) is 8.29. The Kier molecular flexibility index (Phi) is 19.2. The molecule has 6 atom stereocenters. The smallest absolute Gasteiger partial charge is 0.309 e. The first kappa shape index (κ1) is 49.2. The van der Waals surface area contributed by atoms with Crippen LogP contribution in [0.1, 0.15) is 147 Å². The molecule has 1 aliphatic rings. The van der Waals surface area contributed by atoms with E-state index in [4.69, 9.17) is 10.5 Å². The van der Waals surface area contributed by atoms with Crippen LogP contribution < -0.4 is 16.5 Å². The summed E-state index contributed by atoms with van der Waals surface area (Å²) >= 11 is 1.15. The van der Waals surface area contributed by atoms with E-state index in [-0.39, 0.29) is 54.6 Å². The molecule has 330 valence electrons. The quantitative estimate of drug-likeness (QED) is 0.0274. The zero-order valence-electron chi connectivity index (χ0n) is 36.6. The van der Waals surface area contributed by atoms with E-state index in [1.54, 1.807) is 25.3 Å². The number of carboxylic acids is 1. The van der Waals surface area contributed by atoms with Crippen molar-refractivity contribution in [1.29, 1.82) is 0 Å². The summed E-state index contributed by atoms with van der Waals surface area (Å²) < 4.78 is 19.8. The second kappa shape index (κ2) is 23.0. The van der Waals surface area contributed by atoms with Gasteiger partial charge in [0, 0.05) is 50.3 Å². The van der Waals surface area contributed by atoms with E-state index >= 15 is 0 Å². The SMILES string of the molecule is CCCCCCN(C(=O)[C@@H](N[N+](=O)[C@H]1CCCCN1C)[C@@H](C)CC)[C@H](C[C@@H](OC(C)=O)c1nc(C(=O)NC(Cc2ccc(F)c(N)c2)CC(C)(C)C(=O)O)cs1)C(C)C. The number of piperidine rings is 1. The lowest BCUT2D eigenvalue weighted by Crippen LogP contribution is -2.59. The van der Waals surface area contributed by atoms with E-state index in [2.05, 4.69) is 22.7 Å². The monoisotopic (exact) mass is 846 g/mol. The first-order valence-electron chi connectivity index (χ1n) is 21.2. The minimum Gasteiger partial charge on any atom is -0.481 e. The van der Waals surface area contributed by atoms with E-state index in [1.165, 1.54) is 19.1 Å². The number of hydrogen-bond donors (Lipinski definition) is 4. The lowest BCUT2D eigenvalue weighted by molar-refractivity contribution is -0.666. The number of carboxylic acid groups (broad SMARTS) is 1. The number of nitrogens with one attached hydrogen (secondary N) is 2. The fraction of sp³-hybridized carbons (Fsp3) is 0.698. The number of likely N-dealkylation sites (tertiary alicyclic amines) is 1. The van der Waals surface area contributed by atoms with E-state index < -0.39 is 53.3 Å². The largest absolute Gasteiger partial charge is 0.481 e. The van der Waals surface area contributed by atoms with Gasteiger partial charge in [-0.25, -0.2) is 14.3 Å². The first-order valence-corrected chi connectivity index (χ1v) is 22.1. The molecule has 1 fully saturated rings. The highest BCUT2D eigenvalue weighted by molar-refractivity contribution is 7.09. The number of aromatic nitrogens is 1. The third kappa shape index (κ3) is 14.5. The molecule has 0 aliphatic carbocycles. The predicted octanol–water partition coefficient (Wildman–Crippen LogP) is 7.27. The Morgan fingerprint density at radius 2 is 1.86 bits per heavy atom. The Balaban J connectivity index is 1.95. The van der Waals surface area contributed by atoms with Gasteiger partial charge in [-0.2, -0.15) is 0 Å². The summed E-state index contributed by atoms with van der Waals surface area (Å²) in [6, 6.07) is 2.34. The first-order chi connectivity index (χ1) is 27.8. The minimum absolute atomic E-state index is 0.0525. The van der Waals surface area contributed by atoms with Gasteiger partial charge in [-0.05, 0) is 82.5 Å². The average Bonchev–Trinajstić information content (AvgIpc) is 3.67. The fourth-order valence-corrected chi connectivity index (χ4v) is 8.46. The molecule has 5 N–H and O–H groups in total. The van der Waals surface area contributed by atoms with Crippen molar-refractivity contribution in [1.82, 2.24) is 25.5 Å². The van der Waals surface area contributed by atoms with E-state index in [1.807, 2.05) is 44.5 Å². The van der Waals surface area contributed by atoms with Gasteiger partial charge in [0.1, 0.15) is 21.4 Å². The maximum Gasteiger partial charge on any atom is 0.309 e. The van der Waals surface area contributed by atoms with Crippen LogP contribution in [0.25, 0.3) is 0 Å². The van der Waals surface area contributed by atoms with Crippen molar-refractivity contribution in [2.45, 2.75) is 156 Å². The molecule has 0 spiro atoms. The molecule has 2 amide bonds. The number of nitroso groups, excluding NO2 is 1.